The van der Waals surface area contributed by atoms with E-state index in [-0.39, 0.29) is 35.7 Å². The van der Waals surface area contributed by atoms with Gasteiger partial charge in [-0.1, -0.05) is 12.1 Å². The smallest absolute Gasteiger partial charge is 0.270 e. The highest BCUT2D eigenvalue weighted by atomic mass is 16.6. The molecule has 3 aromatic rings. The van der Waals surface area contributed by atoms with Gasteiger partial charge in [-0.2, -0.15) is 5.10 Å². The van der Waals surface area contributed by atoms with Gasteiger partial charge in [0.1, 0.15) is 5.69 Å². The highest BCUT2D eigenvalue weighted by molar-refractivity contribution is 5.82. The molecule has 0 fully saturated rings. The Morgan fingerprint density at radius 2 is 1.96 bits per heavy atom. The van der Waals surface area contributed by atoms with E-state index >= 15 is 0 Å². The van der Waals surface area contributed by atoms with Gasteiger partial charge in [0.2, 0.25) is 5.91 Å². The van der Waals surface area contributed by atoms with Crippen LogP contribution in [-0.4, -0.2) is 27.0 Å². The van der Waals surface area contributed by atoms with Gasteiger partial charge in [-0.15, -0.1) is 0 Å². The number of non-ortho nitro benzene ring substituents is 1. The van der Waals surface area contributed by atoms with E-state index in [1.807, 2.05) is 6.07 Å². The monoisotopic (exact) mass is 365 g/mol. The number of aromatic amines is 1. The number of carbonyl (C=O) groups is 1. The lowest BCUT2D eigenvalue weighted by molar-refractivity contribution is -0.384. The molecule has 0 aliphatic rings. The fraction of sp³-hybridized carbons (Fsp3) is 0.111. The first kappa shape index (κ1) is 17.9. The number of benzene rings is 2. The second-order valence-electron chi connectivity index (χ2n) is 5.67. The summed E-state index contributed by atoms with van der Waals surface area (Å²) in [5, 5.41) is 14.4. The van der Waals surface area contributed by atoms with Crippen molar-refractivity contribution in [2.75, 3.05) is 0 Å². The average Bonchev–Trinajstić information content (AvgIpc) is 2.66. The van der Waals surface area contributed by atoms with E-state index in [2.05, 4.69) is 20.5 Å². The van der Waals surface area contributed by atoms with Crippen LogP contribution in [0.4, 0.5) is 5.69 Å². The number of nitro benzene ring substituents is 1. The summed E-state index contributed by atoms with van der Waals surface area (Å²) < 4.78 is 0. The van der Waals surface area contributed by atoms with Crippen LogP contribution in [0, 0.1) is 10.1 Å². The van der Waals surface area contributed by atoms with E-state index in [0.29, 0.717) is 16.6 Å². The number of nitrogens with zero attached hydrogens (tertiary/aromatic N) is 3. The Labute approximate surface area is 152 Å². The van der Waals surface area contributed by atoms with E-state index in [9.17, 15) is 19.7 Å². The third-order valence-corrected chi connectivity index (χ3v) is 3.77. The first-order valence-electron chi connectivity index (χ1n) is 8.07. The van der Waals surface area contributed by atoms with Crippen molar-refractivity contribution in [2.24, 2.45) is 5.10 Å². The van der Waals surface area contributed by atoms with Crippen LogP contribution >= 0.6 is 0 Å². The fourth-order valence-electron chi connectivity index (χ4n) is 2.39. The van der Waals surface area contributed by atoms with E-state index in [4.69, 9.17) is 0 Å². The second-order valence-corrected chi connectivity index (χ2v) is 5.67. The third kappa shape index (κ3) is 4.60. The maximum absolute atomic E-state index is 12.0. The molecular weight excluding hydrogens is 350 g/mol. The van der Waals surface area contributed by atoms with Gasteiger partial charge in [-0.25, -0.2) is 10.4 Å². The van der Waals surface area contributed by atoms with Crippen molar-refractivity contribution >= 4 is 28.8 Å². The maximum Gasteiger partial charge on any atom is 0.270 e. The quantitative estimate of drug-likeness (QED) is 0.391. The molecule has 3 rings (SSSR count). The molecule has 1 heterocycles. The highest BCUT2D eigenvalue weighted by Gasteiger charge is 2.08. The van der Waals surface area contributed by atoms with Gasteiger partial charge < -0.3 is 4.98 Å². The van der Waals surface area contributed by atoms with Crippen LogP contribution < -0.4 is 11.0 Å². The van der Waals surface area contributed by atoms with Crippen molar-refractivity contribution in [3.8, 4) is 0 Å². The predicted octanol–water partition coefficient (Wildman–Crippen LogP) is 1.91. The minimum absolute atomic E-state index is 0.0238. The highest BCUT2D eigenvalue weighted by Crippen LogP contribution is 2.10. The molecule has 9 heteroatoms. The van der Waals surface area contributed by atoms with Crippen LogP contribution in [0.2, 0.25) is 0 Å². The molecule has 0 bridgehead atoms. The maximum atomic E-state index is 12.0. The zero-order valence-electron chi connectivity index (χ0n) is 14.1. The number of fused-ring (bicyclic) bond motifs is 1. The summed E-state index contributed by atoms with van der Waals surface area (Å²) >= 11 is 0. The van der Waals surface area contributed by atoms with Gasteiger partial charge in [-0.3, -0.25) is 19.7 Å². The number of nitro groups is 1. The molecular formula is C18H15N5O4. The van der Waals surface area contributed by atoms with Gasteiger partial charge in [-0.05, 0) is 29.8 Å². The molecule has 0 saturated carbocycles. The van der Waals surface area contributed by atoms with E-state index in [1.165, 1.54) is 30.5 Å². The number of nitrogens with one attached hydrogen (secondary N) is 2. The summed E-state index contributed by atoms with van der Waals surface area (Å²) in [6.07, 6.45) is 1.60. The first-order chi connectivity index (χ1) is 13.0. The van der Waals surface area contributed by atoms with Gasteiger partial charge in [0.25, 0.3) is 11.2 Å². The number of rotatable bonds is 6. The van der Waals surface area contributed by atoms with Crippen LogP contribution in [0.5, 0.6) is 0 Å². The molecule has 2 aromatic carbocycles. The fourth-order valence-corrected chi connectivity index (χ4v) is 2.39. The topological polar surface area (TPSA) is 130 Å². The molecule has 1 amide bonds. The van der Waals surface area contributed by atoms with Crippen LogP contribution in [0.1, 0.15) is 17.7 Å². The van der Waals surface area contributed by atoms with Crippen molar-refractivity contribution in [1.29, 1.82) is 0 Å². The summed E-state index contributed by atoms with van der Waals surface area (Å²) in [6.45, 7) is 0. The zero-order valence-corrected chi connectivity index (χ0v) is 14.1. The van der Waals surface area contributed by atoms with Crippen molar-refractivity contribution in [3.05, 3.63) is 80.3 Å². The lowest BCUT2D eigenvalue weighted by atomic mass is 10.2. The average molecular weight is 365 g/mol. The van der Waals surface area contributed by atoms with Crippen LogP contribution in [-0.2, 0) is 11.2 Å². The number of H-pyrrole nitrogens is 1. The zero-order chi connectivity index (χ0) is 19.2. The number of carbonyl (C=O) groups excluding carboxylic acids is 1. The minimum atomic E-state index is -0.495. The number of aryl methyl sites for hydroxylation is 1. The Morgan fingerprint density at radius 1 is 1.22 bits per heavy atom. The molecule has 27 heavy (non-hydrogen) atoms. The molecule has 0 aliphatic carbocycles. The van der Waals surface area contributed by atoms with Crippen molar-refractivity contribution < 1.29 is 9.72 Å². The van der Waals surface area contributed by atoms with Gasteiger partial charge >= 0.3 is 0 Å². The SMILES string of the molecule is O=C(CCc1nc2ccccc2[nH]c1=O)N/N=C\c1ccc([N+](=O)[O-])cc1. The Hall–Kier alpha value is -3.88. The van der Waals surface area contributed by atoms with Crippen molar-refractivity contribution in [2.45, 2.75) is 12.8 Å². The number of hydrogen-bond donors (Lipinski definition) is 2. The van der Waals surface area contributed by atoms with E-state index in [0.717, 1.165) is 0 Å². The third-order valence-electron chi connectivity index (χ3n) is 3.77. The first-order valence-corrected chi connectivity index (χ1v) is 8.07. The molecule has 0 spiro atoms. The van der Waals surface area contributed by atoms with Crippen molar-refractivity contribution in [1.82, 2.24) is 15.4 Å². The van der Waals surface area contributed by atoms with Crippen LogP contribution in [0.25, 0.3) is 11.0 Å². The number of hydrogen-bond acceptors (Lipinski definition) is 6. The molecule has 0 aliphatic heterocycles. The summed E-state index contributed by atoms with van der Waals surface area (Å²) in [5.74, 6) is -0.373. The largest absolute Gasteiger partial charge is 0.319 e. The Bertz CT molecular complexity index is 1070. The lowest BCUT2D eigenvalue weighted by Gasteiger charge is -2.02. The number of amides is 1. The second kappa shape index (κ2) is 8.00. The Morgan fingerprint density at radius 3 is 2.70 bits per heavy atom. The summed E-state index contributed by atoms with van der Waals surface area (Å²) in [4.78, 5) is 41.0. The molecule has 1 aromatic heterocycles. The molecule has 0 atom stereocenters. The normalized spacial score (nSPS) is 11.0. The van der Waals surface area contributed by atoms with Gasteiger partial charge in [0, 0.05) is 25.0 Å². The molecule has 2 N–H and O–H groups in total. The predicted molar refractivity (Wildman–Crippen MR) is 99.5 cm³/mol. The Balaban J connectivity index is 1.56. The molecule has 0 radical (unpaired) electrons. The van der Waals surface area contributed by atoms with Gasteiger partial charge in [0.05, 0.1) is 22.2 Å². The summed E-state index contributed by atoms with van der Waals surface area (Å²) in [7, 11) is 0. The van der Waals surface area contributed by atoms with Crippen molar-refractivity contribution in [3.63, 3.8) is 0 Å². The summed E-state index contributed by atoms with van der Waals surface area (Å²) in [5.41, 5.74) is 4.19. The Kier molecular flexibility index (Phi) is 5.31. The molecule has 0 unspecified atom stereocenters. The number of para-hydroxylation sites is 2. The van der Waals surface area contributed by atoms with E-state index in [1.54, 1.807) is 18.2 Å². The summed E-state index contributed by atoms with van der Waals surface area (Å²) in [6, 6.07) is 12.9. The van der Waals surface area contributed by atoms with E-state index < -0.39 is 4.92 Å². The molecule has 0 saturated heterocycles. The molecule has 9 nitrogen and oxygen atoms in total. The lowest BCUT2D eigenvalue weighted by Crippen LogP contribution is -2.21. The molecule has 136 valence electrons. The standard InChI is InChI=1S/C18H15N5O4/c24-17(22-19-11-12-5-7-13(8-6-12)23(26)27)10-9-16-18(25)21-15-4-2-1-3-14(15)20-16/h1-8,11H,9-10H2,(H,21,25)(H,22,24)/b19-11-. The van der Waals surface area contributed by atoms with Crippen LogP contribution in [0.15, 0.2) is 58.4 Å². The number of hydrazone groups is 1. The van der Waals surface area contributed by atoms with Gasteiger partial charge in [0.15, 0.2) is 0 Å². The van der Waals surface area contributed by atoms with Crippen LogP contribution in [0.3, 0.4) is 0 Å². The minimum Gasteiger partial charge on any atom is -0.319 e. The number of aromatic nitrogens is 2.